The molecule has 0 aromatic heterocycles. The van der Waals surface area contributed by atoms with Crippen LogP contribution in [-0.4, -0.2) is 11.8 Å². The van der Waals surface area contributed by atoms with Crippen molar-refractivity contribution < 1.29 is 18.4 Å². The van der Waals surface area contributed by atoms with Crippen molar-refractivity contribution in [3.63, 3.8) is 0 Å². The Hall–Kier alpha value is -2.76. The number of carbonyl (C=O) groups is 2. The fraction of sp³-hybridized carbons (Fsp3) is 0.176. The summed E-state index contributed by atoms with van der Waals surface area (Å²) in [5, 5.41) is 4.40. The van der Waals surface area contributed by atoms with Crippen LogP contribution in [0.4, 0.5) is 20.2 Å². The zero-order chi connectivity index (χ0) is 17.0. The molecule has 0 saturated carbocycles. The molecule has 0 aliphatic rings. The van der Waals surface area contributed by atoms with Gasteiger partial charge in [-0.3, -0.25) is 9.59 Å². The van der Waals surface area contributed by atoms with E-state index < -0.39 is 29.1 Å². The van der Waals surface area contributed by atoms with E-state index in [2.05, 4.69) is 5.32 Å². The van der Waals surface area contributed by atoms with Crippen molar-refractivity contribution in [1.82, 2.24) is 0 Å². The molecule has 0 unspecified atom stereocenters. The first-order valence-electron chi connectivity index (χ1n) is 7.05. The van der Waals surface area contributed by atoms with E-state index in [0.29, 0.717) is 5.69 Å². The molecule has 0 spiro atoms. The van der Waals surface area contributed by atoms with Crippen molar-refractivity contribution in [2.75, 3.05) is 10.6 Å². The molecule has 2 amide bonds. The van der Waals surface area contributed by atoms with Crippen LogP contribution in [0.25, 0.3) is 0 Å². The monoisotopic (exact) mass is 318 g/mol. The average molecular weight is 318 g/mol. The quantitative estimate of drug-likeness (QED) is 0.849. The van der Waals surface area contributed by atoms with E-state index in [1.807, 2.05) is 31.3 Å². The third-order valence-corrected chi connectivity index (χ3v) is 3.24. The second-order valence-electron chi connectivity index (χ2n) is 5.25. The molecule has 120 valence electrons. The van der Waals surface area contributed by atoms with E-state index in [-0.39, 0.29) is 5.92 Å². The summed E-state index contributed by atoms with van der Waals surface area (Å²) >= 11 is 0. The number of nitrogens with one attached hydrogen (secondary N) is 2. The summed E-state index contributed by atoms with van der Waals surface area (Å²) in [5.41, 5.74) is 0.687. The number of amides is 2. The minimum atomic E-state index is -1.15. The summed E-state index contributed by atoms with van der Waals surface area (Å²) in [6.07, 6.45) is 0. The molecular weight excluding hydrogens is 302 g/mol. The summed E-state index contributed by atoms with van der Waals surface area (Å²) in [4.78, 5) is 23.8. The lowest BCUT2D eigenvalue weighted by atomic mass is 10.0. The van der Waals surface area contributed by atoms with Crippen LogP contribution in [0, 0.1) is 11.6 Å². The molecule has 0 bridgehead atoms. The molecule has 2 aromatic rings. The largest absolute Gasteiger partial charge is 0.318 e. The van der Waals surface area contributed by atoms with Gasteiger partial charge in [0.05, 0.1) is 0 Å². The van der Waals surface area contributed by atoms with Gasteiger partial charge in [0.25, 0.3) is 0 Å². The minimum Gasteiger partial charge on any atom is -0.318 e. The summed E-state index contributed by atoms with van der Waals surface area (Å²) in [6.45, 7) is 3.89. The normalized spacial score (nSPS) is 10.5. The van der Waals surface area contributed by atoms with Crippen LogP contribution >= 0.6 is 0 Å². The Morgan fingerprint density at radius 2 is 1.43 bits per heavy atom. The molecule has 0 aliphatic carbocycles. The second kappa shape index (κ2) is 7.00. The van der Waals surface area contributed by atoms with Gasteiger partial charge in [-0.2, -0.15) is 0 Å². The number of anilines is 2. The molecule has 23 heavy (non-hydrogen) atoms. The smallest absolute Gasteiger partial charge is 0.314 e. The highest BCUT2D eigenvalue weighted by molar-refractivity contribution is 6.43. The number of benzene rings is 2. The van der Waals surface area contributed by atoms with Gasteiger partial charge in [0.2, 0.25) is 0 Å². The highest BCUT2D eigenvalue weighted by Crippen LogP contribution is 2.24. The first-order chi connectivity index (χ1) is 10.9. The maximum absolute atomic E-state index is 13.5. The van der Waals surface area contributed by atoms with Crippen LogP contribution in [-0.2, 0) is 9.59 Å². The fourth-order valence-electron chi connectivity index (χ4n) is 2.08. The first kappa shape index (κ1) is 16.6. The van der Waals surface area contributed by atoms with Crippen LogP contribution in [0.1, 0.15) is 25.3 Å². The van der Waals surface area contributed by atoms with Gasteiger partial charge in [0, 0.05) is 5.69 Å². The van der Waals surface area contributed by atoms with Crippen molar-refractivity contribution in [3.8, 4) is 0 Å². The van der Waals surface area contributed by atoms with Crippen molar-refractivity contribution in [3.05, 3.63) is 59.7 Å². The lowest BCUT2D eigenvalue weighted by Crippen LogP contribution is -2.30. The van der Waals surface area contributed by atoms with Gasteiger partial charge >= 0.3 is 11.8 Å². The van der Waals surface area contributed by atoms with Gasteiger partial charge in [-0.25, -0.2) is 8.78 Å². The van der Waals surface area contributed by atoms with Crippen LogP contribution in [0.15, 0.2) is 42.5 Å². The Kier molecular flexibility index (Phi) is 5.05. The number of hydrogen-bond acceptors (Lipinski definition) is 2. The van der Waals surface area contributed by atoms with E-state index >= 15 is 0 Å². The minimum absolute atomic E-state index is 0.138. The maximum atomic E-state index is 13.5. The van der Waals surface area contributed by atoms with E-state index in [4.69, 9.17) is 0 Å². The number of para-hydroxylation sites is 2. The molecule has 0 saturated heterocycles. The third kappa shape index (κ3) is 3.91. The maximum Gasteiger partial charge on any atom is 0.314 e. The molecule has 6 heteroatoms. The van der Waals surface area contributed by atoms with E-state index in [0.717, 1.165) is 17.7 Å². The van der Waals surface area contributed by atoms with Crippen LogP contribution in [0.3, 0.4) is 0 Å². The van der Waals surface area contributed by atoms with Crippen LogP contribution in [0.5, 0.6) is 0 Å². The van der Waals surface area contributed by atoms with E-state index in [1.165, 1.54) is 6.07 Å². The third-order valence-electron chi connectivity index (χ3n) is 3.24. The molecule has 0 atom stereocenters. The summed E-state index contributed by atoms with van der Waals surface area (Å²) in [6, 6.07) is 10.2. The van der Waals surface area contributed by atoms with Gasteiger partial charge < -0.3 is 10.6 Å². The first-order valence-corrected chi connectivity index (χ1v) is 7.05. The number of carbonyl (C=O) groups excluding carboxylic acids is 2. The van der Waals surface area contributed by atoms with Gasteiger partial charge in [0.1, 0.15) is 17.3 Å². The van der Waals surface area contributed by atoms with Crippen molar-refractivity contribution in [2.24, 2.45) is 0 Å². The summed E-state index contributed by atoms with van der Waals surface area (Å²) in [5.74, 6) is -3.91. The van der Waals surface area contributed by atoms with Crippen molar-refractivity contribution >= 4 is 23.2 Å². The predicted octanol–water partition coefficient (Wildman–Crippen LogP) is 3.67. The van der Waals surface area contributed by atoms with Crippen molar-refractivity contribution in [1.29, 1.82) is 0 Å². The highest BCUT2D eigenvalue weighted by atomic mass is 19.1. The topological polar surface area (TPSA) is 58.2 Å². The molecule has 0 aliphatic heterocycles. The molecule has 0 heterocycles. The molecule has 2 aromatic carbocycles. The molecule has 4 nitrogen and oxygen atoms in total. The Balaban J connectivity index is 2.14. The fourth-order valence-corrected chi connectivity index (χ4v) is 2.08. The highest BCUT2D eigenvalue weighted by Gasteiger charge is 2.19. The Bertz CT molecular complexity index is 725. The number of halogens is 2. The molecule has 0 radical (unpaired) electrons. The van der Waals surface area contributed by atoms with Gasteiger partial charge in [-0.1, -0.05) is 38.1 Å². The second-order valence-corrected chi connectivity index (χ2v) is 5.25. The van der Waals surface area contributed by atoms with Crippen LogP contribution in [0.2, 0.25) is 0 Å². The van der Waals surface area contributed by atoms with Gasteiger partial charge in [0.15, 0.2) is 0 Å². The zero-order valence-corrected chi connectivity index (χ0v) is 12.7. The SMILES string of the molecule is CC(C)c1ccccc1NC(=O)C(=O)Nc1c(F)cccc1F. The number of hydrogen-bond donors (Lipinski definition) is 2. The van der Waals surface area contributed by atoms with Crippen molar-refractivity contribution in [2.45, 2.75) is 19.8 Å². The Morgan fingerprint density at radius 3 is 2.04 bits per heavy atom. The predicted molar refractivity (Wildman–Crippen MR) is 84.1 cm³/mol. The standard InChI is InChI=1S/C17H16F2N2O2/c1-10(2)11-6-3-4-9-14(11)20-16(22)17(23)21-15-12(18)7-5-8-13(15)19/h3-10H,1-2H3,(H,20,22)(H,21,23). The van der Waals surface area contributed by atoms with E-state index in [9.17, 15) is 18.4 Å². The summed E-state index contributed by atoms with van der Waals surface area (Å²) in [7, 11) is 0. The molecule has 2 rings (SSSR count). The van der Waals surface area contributed by atoms with E-state index in [1.54, 1.807) is 12.1 Å². The molecular formula is C17H16F2N2O2. The summed E-state index contributed by atoms with van der Waals surface area (Å²) < 4.78 is 27.0. The van der Waals surface area contributed by atoms with Gasteiger partial charge in [-0.15, -0.1) is 0 Å². The lowest BCUT2D eigenvalue weighted by molar-refractivity contribution is -0.133. The number of rotatable bonds is 3. The Morgan fingerprint density at radius 1 is 0.870 bits per heavy atom. The molecule has 0 fully saturated rings. The van der Waals surface area contributed by atoms with Gasteiger partial charge in [-0.05, 0) is 29.7 Å². The van der Waals surface area contributed by atoms with Crippen LogP contribution < -0.4 is 10.6 Å². The molecule has 2 N–H and O–H groups in total. The average Bonchev–Trinajstić information content (AvgIpc) is 2.51. The Labute approximate surface area is 132 Å². The zero-order valence-electron chi connectivity index (χ0n) is 12.7. The lowest BCUT2D eigenvalue weighted by Gasteiger charge is -2.13.